The van der Waals surface area contributed by atoms with Crippen molar-refractivity contribution >= 4 is 40.2 Å². The third kappa shape index (κ3) is 5.65. The lowest BCUT2D eigenvalue weighted by molar-refractivity contribution is -0.136. The Morgan fingerprint density at radius 3 is 2.59 bits per heavy atom. The van der Waals surface area contributed by atoms with Crippen LogP contribution in [0.4, 0.5) is 18.9 Å². The Labute approximate surface area is 269 Å². The summed E-state index contributed by atoms with van der Waals surface area (Å²) in [7, 11) is 0. The second-order valence-electron chi connectivity index (χ2n) is 12.7. The number of carbonyl (C=O) groups excluding carboxylic acids is 1. The highest BCUT2D eigenvalue weighted by Gasteiger charge is 2.44. The van der Waals surface area contributed by atoms with Crippen molar-refractivity contribution < 1.29 is 27.2 Å². The van der Waals surface area contributed by atoms with Crippen molar-refractivity contribution in [3.8, 4) is 11.3 Å². The molecule has 2 saturated carbocycles. The third-order valence-electron chi connectivity index (χ3n) is 9.62. The van der Waals surface area contributed by atoms with Gasteiger partial charge in [0, 0.05) is 53.6 Å². The molecule has 7 nitrogen and oxygen atoms in total. The Balaban J connectivity index is 1.09. The number of aryl methyl sites for hydroxylation is 1. The summed E-state index contributed by atoms with van der Waals surface area (Å²) in [6.45, 7) is 5.21. The van der Waals surface area contributed by atoms with E-state index >= 15 is 0 Å². The molecule has 1 saturated heterocycles. The molecule has 4 heterocycles. The van der Waals surface area contributed by atoms with E-state index in [9.17, 15) is 18.0 Å². The van der Waals surface area contributed by atoms with E-state index in [4.69, 9.17) is 20.9 Å². The SMILES string of the molecule is CCOC(=O)c1cc(C(F)(F)F)c2cc(N3CCC4(CC3)CC(=Cc3c(-c5c(Cl)cncc5CC)noc3C3CC3)C4)ccc2n1. The fraction of sp³-hybridized carbons (Fsp3) is 0.429. The first-order chi connectivity index (χ1) is 22.1. The number of pyridine rings is 2. The van der Waals surface area contributed by atoms with Gasteiger partial charge in [-0.05, 0) is 93.2 Å². The van der Waals surface area contributed by atoms with Gasteiger partial charge < -0.3 is 14.2 Å². The number of piperidine rings is 1. The topological polar surface area (TPSA) is 81.4 Å². The van der Waals surface area contributed by atoms with Gasteiger partial charge >= 0.3 is 12.1 Å². The van der Waals surface area contributed by atoms with Crippen molar-refractivity contribution in [1.82, 2.24) is 15.1 Å². The summed E-state index contributed by atoms with van der Waals surface area (Å²) >= 11 is 6.63. The molecule has 4 aromatic rings. The molecular formula is C35H34ClF3N4O3. The molecule has 3 aromatic heterocycles. The van der Waals surface area contributed by atoms with Crippen LogP contribution in [0.3, 0.4) is 0 Å². The van der Waals surface area contributed by atoms with Crippen molar-refractivity contribution in [3.63, 3.8) is 0 Å². The lowest BCUT2D eigenvalue weighted by Gasteiger charge is -2.50. The lowest BCUT2D eigenvalue weighted by atomic mass is 9.60. The van der Waals surface area contributed by atoms with E-state index < -0.39 is 17.7 Å². The Morgan fingerprint density at radius 2 is 1.91 bits per heavy atom. The first kappa shape index (κ1) is 30.7. The van der Waals surface area contributed by atoms with Gasteiger partial charge in [-0.25, -0.2) is 9.78 Å². The number of aromatic nitrogens is 3. The highest BCUT2D eigenvalue weighted by Crippen LogP contribution is 2.54. The molecule has 240 valence electrons. The first-order valence-corrected chi connectivity index (χ1v) is 16.2. The number of esters is 1. The molecule has 0 radical (unpaired) electrons. The summed E-state index contributed by atoms with van der Waals surface area (Å²) in [4.78, 5) is 22.8. The molecule has 3 fully saturated rings. The minimum atomic E-state index is -4.65. The van der Waals surface area contributed by atoms with Gasteiger partial charge in [0.05, 0.1) is 22.7 Å². The quantitative estimate of drug-likeness (QED) is 0.185. The zero-order valence-electron chi connectivity index (χ0n) is 25.7. The normalized spacial score (nSPS) is 17.8. The fourth-order valence-corrected chi connectivity index (χ4v) is 7.31. The number of nitrogens with zero attached hydrogens (tertiary/aromatic N) is 4. The average molecular weight is 651 g/mol. The summed E-state index contributed by atoms with van der Waals surface area (Å²) in [5.41, 5.74) is 4.87. The number of fused-ring (bicyclic) bond motifs is 1. The van der Waals surface area contributed by atoms with Crippen LogP contribution in [0, 0.1) is 5.41 Å². The van der Waals surface area contributed by atoms with E-state index in [1.165, 1.54) is 5.57 Å². The van der Waals surface area contributed by atoms with Crippen LogP contribution in [-0.2, 0) is 17.3 Å². The molecule has 11 heteroatoms. The molecule has 1 spiro atoms. The van der Waals surface area contributed by atoms with Crippen LogP contribution in [0.5, 0.6) is 0 Å². The summed E-state index contributed by atoms with van der Waals surface area (Å²) in [6.07, 6.45) is 7.89. The van der Waals surface area contributed by atoms with Crippen LogP contribution in [0.1, 0.15) is 91.2 Å². The minimum Gasteiger partial charge on any atom is -0.461 e. The van der Waals surface area contributed by atoms with Gasteiger partial charge in [0.25, 0.3) is 0 Å². The molecule has 0 atom stereocenters. The van der Waals surface area contributed by atoms with E-state index in [2.05, 4.69) is 33.0 Å². The second kappa shape index (κ2) is 11.7. The highest BCUT2D eigenvalue weighted by molar-refractivity contribution is 6.33. The van der Waals surface area contributed by atoms with Crippen molar-refractivity contribution in [2.75, 3.05) is 24.6 Å². The first-order valence-electron chi connectivity index (χ1n) is 15.8. The van der Waals surface area contributed by atoms with E-state index in [0.717, 1.165) is 97.9 Å². The van der Waals surface area contributed by atoms with Gasteiger partial charge in [-0.3, -0.25) is 4.98 Å². The van der Waals surface area contributed by atoms with Gasteiger partial charge in [0.1, 0.15) is 17.1 Å². The molecule has 0 amide bonds. The van der Waals surface area contributed by atoms with Crippen molar-refractivity contribution in [2.24, 2.45) is 5.41 Å². The number of alkyl halides is 3. The van der Waals surface area contributed by atoms with Crippen LogP contribution < -0.4 is 4.90 Å². The molecule has 1 aromatic carbocycles. The molecule has 46 heavy (non-hydrogen) atoms. The maximum absolute atomic E-state index is 14.1. The molecular weight excluding hydrogens is 617 g/mol. The van der Waals surface area contributed by atoms with Gasteiger partial charge in [-0.1, -0.05) is 29.3 Å². The highest BCUT2D eigenvalue weighted by atomic mass is 35.5. The minimum absolute atomic E-state index is 0.0243. The van der Waals surface area contributed by atoms with Crippen LogP contribution in [0.15, 0.2) is 46.8 Å². The van der Waals surface area contributed by atoms with E-state index in [-0.39, 0.29) is 28.6 Å². The summed E-state index contributed by atoms with van der Waals surface area (Å²) in [6, 6.07) is 5.69. The van der Waals surface area contributed by atoms with Crippen molar-refractivity contribution in [1.29, 1.82) is 0 Å². The Kier molecular flexibility index (Phi) is 7.82. The smallest absolute Gasteiger partial charge is 0.417 e. The van der Waals surface area contributed by atoms with Crippen LogP contribution in [0.2, 0.25) is 5.02 Å². The van der Waals surface area contributed by atoms with Crippen molar-refractivity contribution in [3.05, 3.63) is 75.4 Å². The fourth-order valence-electron chi connectivity index (χ4n) is 7.04. The Morgan fingerprint density at radius 1 is 1.15 bits per heavy atom. The number of benzene rings is 1. The predicted octanol–water partition coefficient (Wildman–Crippen LogP) is 9.04. The lowest BCUT2D eigenvalue weighted by Crippen LogP contribution is -2.44. The molecule has 0 N–H and O–H groups in total. The number of allylic oxidation sites excluding steroid dienone is 1. The Bertz CT molecular complexity index is 1850. The number of hydrogen-bond acceptors (Lipinski definition) is 7. The summed E-state index contributed by atoms with van der Waals surface area (Å²) < 4.78 is 53.1. The number of carbonyl (C=O) groups is 1. The number of hydrogen-bond donors (Lipinski definition) is 0. The van der Waals surface area contributed by atoms with Gasteiger partial charge in [0.2, 0.25) is 0 Å². The number of halogens is 4. The number of anilines is 1. The van der Waals surface area contributed by atoms with Gasteiger partial charge in [-0.15, -0.1) is 0 Å². The van der Waals surface area contributed by atoms with Crippen LogP contribution in [0.25, 0.3) is 28.2 Å². The average Bonchev–Trinajstić information content (AvgIpc) is 3.79. The van der Waals surface area contributed by atoms with Gasteiger partial charge in [-0.2, -0.15) is 13.2 Å². The molecule has 1 aliphatic heterocycles. The monoisotopic (exact) mass is 650 g/mol. The molecule has 2 aliphatic carbocycles. The van der Waals surface area contributed by atoms with E-state index in [1.807, 2.05) is 6.20 Å². The van der Waals surface area contributed by atoms with Crippen LogP contribution in [-0.4, -0.2) is 40.8 Å². The predicted molar refractivity (Wildman–Crippen MR) is 170 cm³/mol. The summed E-state index contributed by atoms with van der Waals surface area (Å²) in [5.74, 6) is 0.458. The number of ether oxygens (including phenoxy) is 1. The van der Waals surface area contributed by atoms with Crippen LogP contribution >= 0.6 is 11.6 Å². The maximum Gasteiger partial charge on any atom is 0.417 e. The second-order valence-corrected chi connectivity index (χ2v) is 13.1. The zero-order valence-corrected chi connectivity index (χ0v) is 26.5. The Hall–Kier alpha value is -3.92. The zero-order chi connectivity index (χ0) is 32.2. The molecule has 0 unspecified atom stereocenters. The van der Waals surface area contributed by atoms with Gasteiger partial charge in [0.15, 0.2) is 0 Å². The third-order valence-corrected chi connectivity index (χ3v) is 9.91. The molecule has 3 aliphatic rings. The molecule has 7 rings (SSSR count). The summed E-state index contributed by atoms with van der Waals surface area (Å²) in [5, 5.41) is 5.05. The number of rotatable bonds is 7. The van der Waals surface area contributed by atoms with E-state index in [1.54, 1.807) is 31.3 Å². The largest absolute Gasteiger partial charge is 0.461 e. The maximum atomic E-state index is 14.1. The van der Waals surface area contributed by atoms with Crippen molar-refractivity contribution in [2.45, 2.75) is 70.9 Å². The van der Waals surface area contributed by atoms with E-state index in [0.29, 0.717) is 10.9 Å². The molecule has 0 bridgehead atoms. The standard InChI is InChI=1S/C35H34ClF3N4O3/c1-3-21-18-40-19-27(36)30(21)31-25(32(46-42-31)22-5-6-22)13-20-16-34(17-20)9-11-43(12-10-34)23-7-8-28-24(14-23)26(35(37,38)39)15-29(41-28)33(44)45-4-2/h7-8,13-15,18-19,22H,3-6,9-12,16-17H2,1-2H3.